The summed E-state index contributed by atoms with van der Waals surface area (Å²) in [5.74, 6) is -2.58. The maximum Gasteiger partial charge on any atom is 0.335 e. The van der Waals surface area contributed by atoms with Gasteiger partial charge in [0.15, 0.2) is 0 Å². The number of amides is 1. The number of carbonyl (C=O) groups is 2. The number of aromatic carboxylic acids is 1. The number of aromatic nitrogens is 2. The number of carbonyl (C=O) groups excluding carboxylic acids is 1. The number of rotatable bonds is 3. The van der Waals surface area contributed by atoms with Gasteiger partial charge >= 0.3 is 5.97 Å². The number of carboxylic acids is 1. The molecule has 0 bridgehead atoms. The second-order valence-electron chi connectivity index (χ2n) is 6.21. The van der Waals surface area contributed by atoms with Gasteiger partial charge in [-0.2, -0.15) is 5.10 Å². The summed E-state index contributed by atoms with van der Waals surface area (Å²) < 4.78 is 21.7. The summed E-state index contributed by atoms with van der Waals surface area (Å²) >= 11 is 0. The van der Waals surface area contributed by atoms with Gasteiger partial charge in [-0.1, -0.05) is 0 Å². The van der Waals surface area contributed by atoms with E-state index >= 15 is 0 Å². The molecule has 0 spiro atoms. The zero-order chi connectivity index (χ0) is 18.2. The van der Waals surface area contributed by atoms with Crippen LogP contribution in [0.25, 0.3) is 0 Å². The first kappa shape index (κ1) is 17.1. The van der Waals surface area contributed by atoms with Gasteiger partial charge in [0.05, 0.1) is 30.5 Å². The van der Waals surface area contributed by atoms with Crippen LogP contribution in [-0.2, 0) is 17.4 Å². The average Bonchev–Trinajstić information content (AvgIpc) is 3.01. The lowest BCUT2D eigenvalue weighted by molar-refractivity contribution is -0.0931. The van der Waals surface area contributed by atoms with E-state index in [-0.39, 0.29) is 17.7 Å². The highest BCUT2D eigenvalue weighted by Gasteiger charge is 2.37. The summed E-state index contributed by atoms with van der Waals surface area (Å²) in [6.07, 6.45) is 3.49. The number of halogens is 1. The number of morpholine rings is 1. The molecule has 1 N–H and O–H groups in total. The molecule has 0 radical (unpaired) electrons. The molecule has 7 nitrogen and oxygen atoms in total. The van der Waals surface area contributed by atoms with Crippen LogP contribution in [0.3, 0.4) is 0 Å². The Balaban J connectivity index is 1.84. The average molecular weight is 347 g/mol. The molecule has 8 heteroatoms. The summed E-state index contributed by atoms with van der Waals surface area (Å²) in [6.45, 7) is 2.74. The molecular weight excluding hydrogens is 329 g/mol. The van der Waals surface area contributed by atoms with E-state index in [1.807, 2.05) is 13.1 Å². The van der Waals surface area contributed by atoms with E-state index in [1.165, 1.54) is 17.0 Å². The maximum atomic E-state index is 14.2. The molecule has 1 saturated heterocycles. The highest BCUT2D eigenvalue weighted by Crippen LogP contribution is 2.30. The van der Waals surface area contributed by atoms with Gasteiger partial charge in [0.2, 0.25) is 0 Å². The highest BCUT2D eigenvalue weighted by molar-refractivity contribution is 5.96. The minimum Gasteiger partial charge on any atom is -0.478 e. The van der Waals surface area contributed by atoms with Gasteiger partial charge in [0.1, 0.15) is 11.4 Å². The van der Waals surface area contributed by atoms with Crippen LogP contribution in [0, 0.1) is 5.82 Å². The largest absolute Gasteiger partial charge is 0.478 e. The molecule has 3 rings (SSSR count). The van der Waals surface area contributed by atoms with Crippen molar-refractivity contribution in [3.05, 3.63) is 53.1 Å². The van der Waals surface area contributed by atoms with Gasteiger partial charge in [-0.25, -0.2) is 9.18 Å². The van der Waals surface area contributed by atoms with Gasteiger partial charge in [0.25, 0.3) is 5.91 Å². The van der Waals surface area contributed by atoms with E-state index in [0.29, 0.717) is 13.2 Å². The van der Waals surface area contributed by atoms with Crippen molar-refractivity contribution in [2.45, 2.75) is 12.5 Å². The molecule has 0 saturated carbocycles. The Morgan fingerprint density at radius 3 is 2.76 bits per heavy atom. The monoisotopic (exact) mass is 347 g/mol. The fourth-order valence-corrected chi connectivity index (χ4v) is 2.90. The van der Waals surface area contributed by atoms with E-state index < -0.39 is 23.3 Å². The second kappa shape index (κ2) is 6.29. The van der Waals surface area contributed by atoms with Gasteiger partial charge in [-0.15, -0.1) is 0 Å². The summed E-state index contributed by atoms with van der Waals surface area (Å²) in [4.78, 5) is 25.1. The normalized spacial score (nSPS) is 20.5. The van der Waals surface area contributed by atoms with Crippen molar-refractivity contribution in [2.24, 2.45) is 7.05 Å². The molecule has 25 heavy (non-hydrogen) atoms. The maximum absolute atomic E-state index is 14.2. The third kappa shape index (κ3) is 3.25. The zero-order valence-corrected chi connectivity index (χ0v) is 13.9. The van der Waals surface area contributed by atoms with Crippen molar-refractivity contribution in [2.75, 3.05) is 19.7 Å². The van der Waals surface area contributed by atoms with Gasteiger partial charge in [-0.3, -0.25) is 9.48 Å². The molecule has 1 amide bonds. The Morgan fingerprint density at radius 2 is 2.16 bits per heavy atom. The molecule has 0 aliphatic carbocycles. The van der Waals surface area contributed by atoms with Crippen molar-refractivity contribution in [3.63, 3.8) is 0 Å². The number of ether oxygens (including phenoxy) is 1. The fourth-order valence-electron chi connectivity index (χ4n) is 2.90. The van der Waals surface area contributed by atoms with E-state index in [2.05, 4.69) is 5.10 Å². The first-order valence-electron chi connectivity index (χ1n) is 7.75. The number of hydrogen-bond donors (Lipinski definition) is 1. The van der Waals surface area contributed by atoms with Crippen LogP contribution < -0.4 is 0 Å². The molecule has 2 aromatic rings. The molecule has 1 aliphatic rings. The lowest BCUT2D eigenvalue weighted by atomic mass is 9.96. The predicted octanol–water partition coefficient (Wildman–Crippen LogP) is 1.65. The smallest absolute Gasteiger partial charge is 0.335 e. The zero-order valence-electron chi connectivity index (χ0n) is 13.9. The van der Waals surface area contributed by atoms with Crippen molar-refractivity contribution in [1.29, 1.82) is 0 Å². The van der Waals surface area contributed by atoms with E-state index in [0.717, 1.165) is 11.6 Å². The van der Waals surface area contributed by atoms with Crippen LogP contribution in [0.5, 0.6) is 0 Å². The minimum atomic E-state index is -1.24. The van der Waals surface area contributed by atoms with Crippen molar-refractivity contribution < 1.29 is 23.8 Å². The summed E-state index contributed by atoms with van der Waals surface area (Å²) in [5.41, 5.74) is -0.259. The third-order valence-corrected chi connectivity index (χ3v) is 4.32. The number of hydrogen-bond acceptors (Lipinski definition) is 4. The Kier molecular flexibility index (Phi) is 4.30. The highest BCUT2D eigenvalue weighted by atomic mass is 19.1. The summed E-state index contributed by atoms with van der Waals surface area (Å²) in [7, 11) is 1.79. The molecule has 1 atom stereocenters. The quantitative estimate of drug-likeness (QED) is 0.912. The predicted molar refractivity (Wildman–Crippen MR) is 85.8 cm³/mol. The van der Waals surface area contributed by atoms with Crippen LogP contribution >= 0.6 is 0 Å². The Morgan fingerprint density at radius 1 is 1.40 bits per heavy atom. The lowest BCUT2D eigenvalue weighted by Gasteiger charge is -2.40. The van der Waals surface area contributed by atoms with Crippen LogP contribution in [0.1, 0.15) is 33.2 Å². The van der Waals surface area contributed by atoms with E-state index in [1.54, 1.807) is 17.9 Å². The van der Waals surface area contributed by atoms with Crippen molar-refractivity contribution in [3.8, 4) is 0 Å². The van der Waals surface area contributed by atoms with Gasteiger partial charge < -0.3 is 14.7 Å². The number of carboxylic acid groups (broad SMARTS) is 1. The number of nitrogens with zero attached hydrogens (tertiary/aromatic N) is 3. The van der Waals surface area contributed by atoms with Crippen LogP contribution in [0.15, 0.2) is 30.6 Å². The molecule has 2 heterocycles. The standard InChI is InChI=1S/C17H18FN3O4/c1-17(12-8-19-20(2)9-12)10-21(5-6-25-17)15(22)13-4-3-11(16(23)24)7-14(13)18/h3-4,7-9H,5-6,10H2,1-2H3,(H,23,24). The summed E-state index contributed by atoms with van der Waals surface area (Å²) in [6, 6.07) is 3.29. The van der Waals surface area contributed by atoms with Crippen LogP contribution in [0.2, 0.25) is 0 Å². The van der Waals surface area contributed by atoms with Crippen LogP contribution in [0.4, 0.5) is 4.39 Å². The van der Waals surface area contributed by atoms with Gasteiger partial charge in [0, 0.05) is 25.4 Å². The van der Waals surface area contributed by atoms with E-state index in [9.17, 15) is 14.0 Å². The molecule has 1 unspecified atom stereocenters. The molecule has 132 valence electrons. The topological polar surface area (TPSA) is 84.7 Å². The number of aryl methyl sites for hydroxylation is 1. The first-order chi connectivity index (χ1) is 11.8. The summed E-state index contributed by atoms with van der Waals surface area (Å²) in [5, 5.41) is 13.0. The Hall–Kier alpha value is -2.74. The molecule has 1 fully saturated rings. The van der Waals surface area contributed by atoms with Gasteiger partial charge in [-0.05, 0) is 25.1 Å². The van der Waals surface area contributed by atoms with Crippen molar-refractivity contribution >= 4 is 11.9 Å². The second-order valence-corrected chi connectivity index (χ2v) is 6.21. The van der Waals surface area contributed by atoms with Crippen LogP contribution in [-0.4, -0.2) is 51.4 Å². The Labute approximate surface area is 143 Å². The third-order valence-electron chi connectivity index (χ3n) is 4.32. The minimum absolute atomic E-state index is 0.152. The fraction of sp³-hybridized carbons (Fsp3) is 0.353. The van der Waals surface area contributed by atoms with Crippen molar-refractivity contribution in [1.82, 2.24) is 14.7 Å². The SMILES string of the molecule is Cn1cc(C2(C)CN(C(=O)c3ccc(C(=O)O)cc3F)CCO2)cn1. The van der Waals surface area contributed by atoms with E-state index in [4.69, 9.17) is 9.84 Å². The number of benzene rings is 1. The molecule has 1 aromatic carbocycles. The Bertz CT molecular complexity index is 835. The molecule has 1 aromatic heterocycles. The molecule has 1 aliphatic heterocycles. The lowest BCUT2D eigenvalue weighted by Crippen LogP contribution is -2.50. The first-order valence-corrected chi connectivity index (χ1v) is 7.75. The molecular formula is C17H18FN3O4.